The molecular weight excluding hydrogens is 264 g/mol. The summed E-state index contributed by atoms with van der Waals surface area (Å²) in [4.78, 5) is 23.7. The second kappa shape index (κ2) is 4.21. The van der Waals surface area contributed by atoms with Crippen molar-refractivity contribution in [1.29, 1.82) is 0 Å². The number of allylic oxidation sites excluding steroid dienone is 1. The predicted molar refractivity (Wildman–Crippen MR) is 78.5 cm³/mol. The molecule has 0 aromatic heterocycles. The van der Waals surface area contributed by atoms with E-state index < -0.39 is 0 Å². The molecule has 0 N–H and O–H groups in total. The van der Waals surface area contributed by atoms with Gasteiger partial charge in [0, 0.05) is 18.3 Å². The number of hydrogen-bond donors (Lipinski definition) is 0. The molecule has 0 saturated heterocycles. The van der Waals surface area contributed by atoms with Crippen LogP contribution in [-0.2, 0) is 14.3 Å². The minimum absolute atomic E-state index is 0.0576. The largest absolute Gasteiger partial charge is 0.458 e. The van der Waals surface area contributed by atoms with E-state index in [1.54, 1.807) is 6.92 Å². The molecule has 3 heteroatoms. The van der Waals surface area contributed by atoms with Crippen LogP contribution >= 0.6 is 0 Å². The van der Waals surface area contributed by atoms with Crippen molar-refractivity contribution in [1.82, 2.24) is 0 Å². The average molecular weight is 288 g/mol. The van der Waals surface area contributed by atoms with Crippen LogP contribution < -0.4 is 0 Å². The monoisotopic (exact) mass is 288 g/mol. The maximum Gasteiger partial charge on any atom is 0.306 e. The lowest BCUT2D eigenvalue weighted by Crippen LogP contribution is -2.72. The molecule has 5 unspecified atom stereocenters. The summed E-state index contributed by atoms with van der Waals surface area (Å²) < 4.78 is 5.99. The van der Waals surface area contributed by atoms with Crippen LogP contribution in [0.25, 0.3) is 0 Å². The van der Waals surface area contributed by atoms with Crippen molar-refractivity contribution in [3.8, 4) is 0 Å². The van der Waals surface area contributed by atoms with Crippen LogP contribution in [0.3, 0.4) is 0 Å². The van der Waals surface area contributed by atoms with E-state index in [1.807, 2.05) is 0 Å². The van der Waals surface area contributed by atoms with Gasteiger partial charge in [-0.1, -0.05) is 6.58 Å². The molecule has 114 valence electrons. The molecule has 21 heavy (non-hydrogen) atoms. The molecular formula is C18H24O3. The summed E-state index contributed by atoms with van der Waals surface area (Å²) in [7, 11) is 0. The summed E-state index contributed by atoms with van der Waals surface area (Å²) in [5.74, 6) is 2.46. The molecule has 2 bridgehead atoms. The molecule has 4 aliphatic carbocycles. The maximum absolute atomic E-state index is 12.2. The van der Waals surface area contributed by atoms with E-state index in [-0.39, 0.29) is 17.4 Å². The molecule has 4 aliphatic rings. The Kier molecular flexibility index (Phi) is 2.71. The zero-order chi connectivity index (χ0) is 14.8. The molecule has 4 fully saturated rings. The Morgan fingerprint density at radius 2 is 1.95 bits per heavy atom. The van der Waals surface area contributed by atoms with Crippen LogP contribution in [0.1, 0.15) is 58.3 Å². The summed E-state index contributed by atoms with van der Waals surface area (Å²) >= 11 is 0. The molecule has 4 rings (SSSR count). The number of carbonyl (C=O) groups is 2. The number of carbonyl (C=O) groups excluding carboxylic acids is 2. The highest BCUT2D eigenvalue weighted by Gasteiger charge is 2.82. The number of rotatable bonds is 6. The Bertz CT molecular complexity index is 537. The lowest BCUT2D eigenvalue weighted by atomic mass is 9.36. The summed E-state index contributed by atoms with van der Waals surface area (Å²) in [5, 5.41) is 0. The van der Waals surface area contributed by atoms with Crippen LogP contribution in [0.15, 0.2) is 12.2 Å². The third-order valence-electron chi connectivity index (χ3n) is 6.88. The third kappa shape index (κ3) is 1.61. The van der Waals surface area contributed by atoms with Gasteiger partial charge in [-0.15, -0.1) is 0 Å². The summed E-state index contributed by atoms with van der Waals surface area (Å²) in [5.41, 5.74) is 0.868. The molecule has 0 aromatic rings. The van der Waals surface area contributed by atoms with Crippen molar-refractivity contribution in [2.45, 2.75) is 63.9 Å². The van der Waals surface area contributed by atoms with E-state index in [0.29, 0.717) is 30.3 Å². The highest BCUT2D eigenvalue weighted by atomic mass is 16.6. The van der Waals surface area contributed by atoms with E-state index in [0.717, 1.165) is 30.6 Å². The van der Waals surface area contributed by atoms with Crippen molar-refractivity contribution in [3.63, 3.8) is 0 Å². The summed E-state index contributed by atoms with van der Waals surface area (Å²) in [6.07, 6.45) is 7.65. The predicted octanol–water partition coefficient (Wildman–Crippen LogP) is 3.42. The number of hydrogen-bond acceptors (Lipinski definition) is 3. The summed E-state index contributed by atoms with van der Waals surface area (Å²) in [6.45, 7) is 5.36. The van der Waals surface area contributed by atoms with Gasteiger partial charge >= 0.3 is 5.97 Å². The van der Waals surface area contributed by atoms with Crippen LogP contribution in [0.4, 0.5) is 0 Å². The number of esters is 1. The highest BCUT2D eigenvalue weighted by Crippen LogP contribution is 2.83. The fourth-order valence-corrected chi connectivity index (χ4v) is 6.14. The van der Waals surface area contributed by atoms with Crippen LogP contribution in [0, 0.1) is 23.2 Å². The number of fused-ring (bicyclic) bond motifs is 1. The minimum atomic E-state index is -0.0983. The van der Waals surface area contributed by atoms with Gasteiger partial charge < -0.3 is 4.74 Å². The Balaban J connectivity index is 1.32. The fourth-order valence-electron chi connectivity index (χ4n) is 6.14. The first kappa shape index (κ1) is 13.5. The van der Waals surface area contributed by atoms with Crippen molar-refractivity contribution < 1.29 is 14.3 Å². The van der Waals surface area contributed by atoms with Crippen LogP contribution in [0.2, 0.25) is 0 Å². The van der Waals surface area contributed by atoms with Crippen molar-refractivity contribution in [2.24, 2.45) is 23.2 Å². The Labute approximate surface area is 126 Å². The SMILES string of the molecule is C=C(C)C(=O)CCCC(=O)OC12CC3CC4CC(C1)C42C3. The Hall–Kier alpha value is -1.12. The zero-order valence-electron chi connectivity index (χ0n) is 12.8. The molecule has 0 amide bonds. The molecule has 0 aromatic carbocycles. The lowest BCUT2D eigenvalue weighted by Gasteiger charge is -2.71. The van der Waals surface area contributed by atoms with Crippen molar-refractivity contribution >= 4 is 11.8 Å². The minimum Gasteiger partial charge on any atom is -0.458 e. The van der Waals surface area contributed by atoms with E-state index in [2.05, 4.69) is 6.58 Å². The van der Waals surface area contributed by atoms with Gasteiger partial charge in [0.25, 0.3) is 0 Å². The maximum atomic E-state index is 12.2. The number of ketones is 1. The van der Waals surface area contributed by atoms with Gasteiger partial charge in [-0.2, -0.15) is 0 Å². The van der Waals surface area contributed by atoms with Gasteiger partial charge in [0.05, 0.1) is 0 Å². The van der Waals surface area contributed by atoms with Gasteiger partial charge in [0.15, 0.2) is 5.78 Å². The van der Waals surface area contributed by atoms with E-state index in [4.69, 9.17) is 4.74 Å². The molecule has 3 nitrogen and oxygen atoms in total. The second-order valence-corrected chi connectivity index (χ2v) is 7.91. The van der Waals surface area contributed by atoms with Gasteiger partial charge in [-0.05, 0) is 68.8 Å². The standard InChI is InChI=1S/C18H24O3/c1-11(2)15(19)4-3-5-16(20)21-17-8-12-6-13-7-14(10-17)18(13,17)9-12/h12-14H,1,3-10H2,2H3. The quantitative estimate of drug-likeness (QED) is 0.555. The first-order chi connectivity index (χ1) is 9.97. The highest BCUT2D eigenvalue weighted by molar-refractivity contribution is 5.94. The zero-order valence-corrected chi connectivity index (χ0v) is 12.8. The molecule has 0 aliphatic heterocycles. The van der Waals surface area contributed by atoms with Crippen LogP contribution in [0.5, 0.6) is 0 Å². The lowest BCUT2D eigenvalue weighted by molar-refractivity contribution is -0.292. The van der Waals surface area contributed by atoms with Crippen molar-refractivity contribution in [2.75, 3.05) is 0 Å². The van der Waals surface area contributed by atoms with E-state index in [1.165, 1.54) is 19.3 Å². The molecule has 0 heterocycles. The van der Waals surface area contributed by atoms with Crippen molar-refractivity contribution in [3.05, 3.63) is 12.2 Å². The Morgan fingerprint density at radius 3 is 2.62 bits per heavy atom. The van der Waals surface area contributed by atoms with Gasteiger partial charge in [-0.25, -0.2) is 0 Å². The molecule has 1 spiro atoms. The topological polar surface area (TPSA) is 43.4 Å². The normalized spacial score (nSPS) is 44.5. The van der Waals surface area contributed by atoms with Crippen LogP contribution in [-0.4, -0.2) is 17.4 Å². The molecule has 0 radical (unpaired) electrons. The number of Topliss-reactive ketones (excluding diaryl/α,β-unsaturated/α-hetero) is 1. The average Bonchev–Trinajstić information content (AvgIpc) is 2.86. The van der Waals surface area contributed by atoms with E-state index >= 15 is 0 Å². The second-order valence-electron chi connectivity index (χ2n) is 7.91. The number of ether oxygens (including phenoxy) is 1. The molecule has 4 saturated carbocycles. The van der Waals surface area contributed by atoms with E-state index in [9.17, 15) is 9.59 Å². The van der Waals surface area contributed by atoms with Gasteiger partial charge in [-0.3, -0.25) is 9.59 Å². The fraction of sp³-hybridized carbons (Fsp3) is 0.778. The smallest absolute Gasteiger partial charge is 0.306 e. The van der Waals surface area contributed by atoms with Gasteiger partial charge in [0.2, 0.25) is 0 Å². The Morgan fingerprint density at radius 1 is 1.14 bits per heavy atom. The summed E-state index contributed by atoms with van der Waals surface area (Å²) in [6, 6.07) is 0. The molecule has 5 atom stereocenters. The first-order valence-corrected chi connectivity index (χ1v) is 8.37. The van der Waals surface area contributed by atoms with Gasteiger partial charge in [0.1, 0.15) is 5.60 Å². The first-order valence-electron chi connectivity index (χ1n) is 8.37. The third-order valence-corrected chi connectivity index (χ3v) is 6.88.